The molecule has 1 atom stereocenters. The van der Waals surface area contributed by atoms with E-state index in [4.69, 9.17) is 11.6 Å². The van der Waals surface area contributed by atoms with E-state index >= 15 is 0 Å². The van der Waals surface area contributed by atoms with Gasteiger partial charge < -0.3 is 5.11 Å². The van der Waals surface area contributed by atoms with Gasteiger partial charge in [-0.25, -0.2) is 0 Å². The van der Waals surface area contributed by atoms with Crippen molar-refractivity contribution in [3.63, 3.8) is 0 Å². The van der Waals surface area contributed by atoms with Crippen molar-refractivity contribution in [2.24, 2.45) is 0 Å². The SMILES string of the molecule is Cc1cc(C(O)c2c(Cl)cnn2C(C)C)cc(C)n1. The second-order valence-electron chi connectivity index (χ2n) is 5.00. The molecule has 4 nitrogen and oxygen atoms in total. The third-order valence-corrected chi connectivity index (χ3v) is 3.25. The normalized spacial score (nSPS) is 13.0. The predicted octanol–water partition coefficient (Wildman–Crippen LogP) is 3.21. The van der Waals surface area contributed by atoms with Crippen LogP contribution in [0.3, 0.4) is 0 Å². The molecule has 1 unspecified atom stereocenters. The summed E-state index contributed by atoms with van der Waals surface area (Å²) in [6, 6.07) is 3.87. The van der Waals surface area contributed by atoms with Gasteiger partial charge in [-0.3, -0.25) is 9.67 Å². The van der Waals surface area contributed by atoms with E-state index in [9.17, 15) is 5.11 Å². The zero-order chi connectivity index (χ0) is 14.2. The number of pyridine rings is 1. The second-order valence-corrected chi connectivity index (χ2v) is 5.41. The third kappa shape index (κ3) is 2.80. The Bertz CT molecular complexity index is 572. The molecule has 0 radical (unpaired) electrons. The summed E-state index contributed by atoms with van der Waals surface area (Å²) in [6.45, 7) is 7.82. The summed E-state index contributed by atoms with van der Waals surface area (Å²) in [5.74, 6) is 0. The molecule has 0 bridgehead atoms. The molecule has 2 rings (SSSR count). The fourth-order valence-corrected chi connectivity index (χ4v) is 2.43. The minimum absolute atomic E-state index is 0.140. The maximum Gasteiger partial charge on any atom is 0.122 e. The van der Waals surface area contributed by atoms with Gasteiger partial charge in [0.05, 0.1) is 16.9 Å². The first-order chi connectivity index (χ1) is 8.90. The van der Waals surface area contributed by atoms with Crippen LogP contribution in [0.1, 0.15) is 48.6 Å². The van der Waals surface area contributed by atoms with Gasteiger partial charge in [-0.15, -0.1) is 0 Å². The molecule has 1 N–H and O–H groups in total. The van der Waals surface area contributed by atoms with Gasteiger partial charge in [-0.05, 0) is 45.4 Å². The van der Waals surface area contributed by atoms with Crippen molar-refractivity contribution in [3.8, 4) is 0 Å². The van der Waals surface area contributed by atoms with Crippen LogP contribution in [0.25, 0.3) is 0 Å². The van der Waals surface area contributed by atoms with E-state index in [1.54, 1.807) is 10.9 Å². The summed E-state index contributed by atoms with van der Waals surface area (Å²) in [7, 11) is 0. The smallest absolute Gasteiger partial charge is 0.122 e. The average Bonchev–Trinajstić information content (AvgIpc) is 2.69. The maximum absolute atomic E-state index is 10.6. The van der Waals surface area contributed by atoms with Crippen LogP contribution in [0.4, 0.5) is 0 Å². The summed E-state index contributed by atoms with van der Waals surface area (Å²) in [5.41, 5.74) is 3.16. The van der Waals surface area contributed by atoms with Crippen molar-refractivity contribution in [3.05, 3.63) is 46.0 Å². The molecule has 2 aromatic heterocycles. The van der Waals surface area contributed by atoms with Crippen molar-refractivity contribution in [1.29, 1.82) is 0 Å². The Morgan fingerprint density at radius 1 is 1.21 bits per heavy atom. The monoisotopic (exact) mass is 279 g/mol. The Labute approximate surface area is 118 Å². The number of aryl methyl sites for hydroxylation is 2. The summed E-state index contributed by atoms with van der Waals surface area (Å²) < 4.78 is 1.75. The molecular formula is C14H18ClN3O. The number of halogens is 1. The van der Waals surface area contributed by atoms with E-state index < -0.39 is 6.10 Å². The van der Waals surface area contributed by atoms with Gasteiger partial charge in [0.25, 0.3) is 0 Å². The zero-order valence-electron chi connectivity index (χ0n) is 11.6. The number of hydrogen-bond donors (Lipinski definition) is 1. The highest BCUT2D eigenvalue weighted by atomic mass is 35.5. The molecule has 5 heteroatoms. The third-order valence-electron chi connectivity index (χ3n) is 2.95. The van der Waals surface area contributed by atoms with Crippen molar-refractivity contribution in [2.45, 2.75) is 39.8 Å². The number of nitrogens with zero attached hydrogens (tertiary/aromatic N) is 3. The van der Waals surface area contributed by atoms with E-state index in [-0.39, 0.29) is 6.04 Å². The molecule has 102 valence electrons. The topological polar surface area (TPSA) is 50.9 Å². The van der Waals surface area contributed by atoms with Crippen molar-refractivity contribution in [2.75, 3.05) is 0 Å². The first-order valence-electron chi connectivity index (χ1n) is 6.26. The maximum atomic E-state index is 10.6. The van der Waals surface area contributed by atoms with Gasteiger partial charge >= 0.3 is 0 Å². The lowest BCUT2D eigenvalue weighted by molar-refractivity contribution is 0.205. The van der Waals surface area contributed by atoms with Crippen molar-refractivity contribution >= 4 is 11.6 Å². The number of aliphatic hydroxyl groups is 1. The highest BCUT2D eigenvalue weighted by molar-refractivity contribution is 6.31. The summed E-state index contributed by atoms with van der Waals surface area (Å²) in [6.07, 6.45) is 0.777. The molecule has 0 aromatic carbocycles. The summed E-state index contributed by atoms with van der Waals surface area (Å²) >= 11 is 6.15. The molecule has 0 amide bonds. The lowest BCUT2D eigenvalue weighted by Crippen LogP contribution is -2.13. The van der Waals surface area contributed by atoms with Gasteiger partial charge in [0, 0.05) is 17.4 Å². The predicted molar refractivity (Wildman–Crippen MR) is 75.4 cm³/mol. The number of aromatic nitrogens is 3. The zero-order valence-corrected chi connectivity index (χ0v) is 12.3. The fraction of sp³-hybridized carbons (Fsp3) is 0.429. The van der Waals surface area contributed by atoms with Crippen LogP contribution in [0.5, 0.6) is 0 Å². The standard InChI is InChI=1S/C14H18ClN3O/c1-8(2)18-13(12(15)7-16-18)14(19)11-5-9(3)17-10(4)6-11/h5-8,14,19H,1-4H3. The van der Waals surface area contributed by atoms with Crippen molar-refractivity contribution in [1.82, 2.24) is 14.8 Å². The first-order valence-corrected chi connectivity index (χ1v) is 6.64. The molecule has 19 heavy (non-hydrogen) atoms. The minimum Gasteiger partial charge on any atom is -0.382 e. The van der Waals surface area contributed by atoms with Gasteiger partial charge in [0.2, 0.25) is 0 Å². The van der Waals surface area contributed by atoms with Gasteiger partial charge in [-0.1, -0.05) is 11.6 Å². The van der Waals surface area contributed by atoms with Gasteiger partial charge in [-0.2, -0.15) is 5.10 Å². The molecule has 0 fully saturated rings. The highest BCUT2D eigenvalue weighted by Gasteiger charge is 2.21. The van der Waals surface area contributed by atoms with Crippen LogP contribution in [-0.2, 0) is 0 Å². The molecule has 0 aliphatic carbocycles. The van der Waals surface area contributed by atoms with Crippen LogP contribution in [0.2, 0.25) is 5.02 Å². The van der Waals surface area contributed by atoms with Gasteiger partial charge in [0.1, 0.15) is 6.10 Å². The molecule has 0 aliphatic heterocycles. The fourth-order valence-electron chi connectivity index (χ4n) is 2.20. The second kappa shape index (κ2) is 5.31. The molecule has 0 spiro atoms. The lowest BCUT2D eigenvalue weighted by Gasteiger charge is -2.17. The first kappa shape index (κ1) is 14.0. The van der Waals surface area contributed by atoms with E-state index in [0.29, 0.717) is 10.7 Å². The Morgan fingerprint density at radius 2 is 1.79 bits per heavy atom. The molecule has 2 aromatic rings. The van der Waals surface area contributed by atoms with Crippen LogP contribution >= 0.6 is 11.6 Å². The molecule has 0 saturated carbocycles. The van der Waals surface area contributed by atoms with Crippen LogP contribution < -0.4 is 0 Å². The number of aliphatic hydroxyl groups excluding tert-OH is 1. The molecule has 0 aliphatic rings. The van der Waals surface area contributed by atoms with E-state index in [1.807, 2.05) is 39.8 Å². The van der Waals surface area contributed by atoms with Crippen LogP contribution in [0.15, 0.2) is 18.3 Å². The van der Waals surface area contributed by atoms with E-state index in [1.165, 1.54) is 0 Å². The molecular weight excluding hydrogens is 262 g/mol. The number of hydrogen-bond acceptors (Lipinski definition) is 3. The molecule has 0 saturated heterocycles. The Morgan fingerprint density at radius 3 is 2.32 bits per heavy atom. The minimum atomic E-state index is -0.794. The van der Waals surface area contributed by atoms with E-state index in [2.05, 4.69) is 10.1 Å². The quantitative estimate of drug-likeness (QED) is 0.939. The van der Waals surface area contributed by atoms with Crippen molar-refractivity contribution < 1.29 is 5.11 Å². The average molecular weight is 280 g/mol. The summed E-state index contributed by atoms with van der Waals surface area (Å²) in [4.78, 5) is 4.31. The Balaban J connectivity index is 2.49. The van der Waals surface area contributed by atoms with Crippen LogP contribution in [0, 0.1) is 13.8 Å². The lowest BCUT2D eigenvalue weighted by atomic mass is 10.1. The number of rotatable bonds is 3. The van der Waals surface area contributed by atoms with Gasteiger partial charge in [0.15, 0.2) is 0 Å². The van der Waals surface area contributed by atoms with Crippen LogP contribution in [-0.4, -0.2) is 19.9 Å². The Kier molecular flexibility index (Phi) is 3.92. The summed E-state index contributed by atoms with van der Waals surface area (Å²) in [5, 5.41) is 15.3. The van der Waals surface area contributed by atoms with E-state index in [0.717, 1.165) is 17.0 Å². The molecule has 2 heterocycles. The highest BCUT2D eigenvalue weighted by Crippen LogP contribution is 2.30. The Hall–Kier alpha value is -1.39. The largest absolute Gasteiger partial charge is 0.382 e.